The SMILES string of the molecule is CC(=O)NCc1cccc(NC(=O)c2nc(C)sc2Nc2cc(F)cc(F)c2)c1. The van der Waals surface area contributed by atoms with Crippen LogP contribution in [0.5, 0.6) is 0 Å². The van der Waals surface area contributed by atoms with Crippen LogP contribution in [-0.2, 0) is 11.3 Å². The number of amides is 2. The summed E-state index contributed by atoms with van der Waals surface area (Å²) in [7, 11) is 0. The van der Waals surface area contributed by atoms with Crippen LogP contribution in [0, 0.1) is 18.6 Å². The van der Waals surface area contributed by atoms with E-state index in [1.165, 1.54) is 18.3 Å². The highest BCUT2D eigenvalue weighted by Gasteiger charge is 2.18. The fourth-order valence-corrected chi connectivity index (χ4v) is 3.43. The van der Waals surface area contributed by atoms with Crippen molar-refractivity contribution in [2.75, 3.05) is 10.6 Å². The maximum absolute atomic E-state index is 13.4. The Morgan fingerprint density at radius 3 is 2.48 bits per heavy atom. The Morgan fingerprint density at radius 1 is 1.07 bits per heavy atom. The zero-order valence-electron chi connectivity index (χ0n) is 15.7. The molecule has 0 saturated heterocycles. The average Bonchev–Trinajstić information content (AvgIpc) is 2.99. The molecule has 0 spiro atoms. The van der Waals surface area contributed by atoms with Gasteiger partial charge in [-0.15, -0.1) is 11.3 Å². The van der Waals surface area contributed by atoms with Gasteiger partial charge in [0.05, 0.1) is 5.01 Å². The van der Waals surface area contributed by atoms with Gasteiger partial charge in [0.1, 0.15) is 16.6 Å². The summed E-state index contributed by atoms with van der Waals surface area (Å²) in [5.74, 6) is -2.07. The highest BCUT2D eigenvalue weighted by Crippen LogP contribution is 2.29. The summed E-state index contributed by atoms with van der Waals surface area (Å²) >= 11 is 1.20. The van der Waals surface area contributed by atoms with Gasteiger partial charge in [-0.2, -0.15) is 0 Å². The number of nitrogens with zero attached hydrogens (tertiary/aromatic N) is 1. The van der Waals surface area contributed by atoms with Crippen molar-refractivity contribution in [3.63, 3.8) is 0 Å². The van der Waals surface area contributed by atoms with Crippen molar-refractivity contribution >= 4 is 39.5 Å². The van der Waals surface area contributed by atoms with Crippen LogP contribution in [0.1, 0.15) is 28.0 Å². The van der Waals surface area contributed by atoms with E-state index in [9.17, 15) is 18.4 Å². The van der Waals surface area contributed by atoms with Crippen molar-refractivity contribution < 1.29 is 18.4 Å². The molecule has 0 aliphatic carbocycles. The minimum atomic E-state index is -0.726. The highest BCUT2D eigenvalue weighted by atomic mass is 32.1. The summed E-state index contributed by atoms with van der Waals surface area (Å²) in [6, 6.07) is 10.1. The van der Waals surface area contributed by atoms with Gasteiger partial charge in [0.15, 0.2) is 5.69 Å². The molecular weight excluding hydrogens is 398 g/mol. The van der Waals surface area contributed by atoms with Crippen molar-refractivity contribution in [1.82, 2.24) is 10.3 Å². The molecule has 29 heavy (non-hydrogen) atoms. The lowest BCUT2D eigenvalue weighted by Gasteiger charge is -2.09. The number of hydrogen-bond donors (Lipinski definition) is 3. The summed E-state index contributed by atoms with van der Waals surface area (Å²) < 4.78 is 26.9. The molecule has 9 heteroatoms. The summed E-state index contributed by atoms with van der Waals surface area (Å²) in [5.41, 5.74) is 1.65. The second kappa shape index (κ2) is 8.78. The van der Waals surface area contributed by atoms with Crippen molar-refractivity contribution in [2.24, 2.45) is 0 Å². The lowest BCUT2D eigenvalue weighted by Crippen LogP contribution is -2.19. The lowest BCUT2D eigenvalue weighted by atomic mass is 10.2. The van der Waals surface area contributed by atoms with Crippen LogP contribution < -0.4 is 16.0 Å². The van der Waals surface area contributed by atoms with E-state index in [-0.39, 0.29) is 17.3 Å². The first-order valence-corrected chi connectivity index (χ1v) is 9.47. The zero-order valence-corrected chi connectivity index (χ0v) is 16.5. The van der Waals surface area contributed by atoms with E-state index in [1.807, 2.05) is 6.07 Å². The van der Waals surface area contributed by atoms with E-state index >= 15 is 0 Å². The van der Waals surface area contributed by atoms with E-state index in [2.05, 4.69) is 20.9 Å². The Kier molecular flexibility index (Phi) is 6.18. The molecule has 150 valence electrons. The molecule has 1 heterocycles. The maximum Gasteiger partial charge on any atom is 0.277 e. The Balaban J connectivity index is 1.78. The number of aryl methyl sites for hydroxylation is 1. The summed E-state index contributed by atoms with van der Waals surface area (Å²) in [6.45, 7) is 3.49. The van der Waals surface area contributed by atoms with Crippen LogP contribution in [0.3, 0.4) is 0 Å². The number of nitrogens with one attached hydrogen (secondary N) is 3. The Morgan fingerprint density at radius 2 is 1.79 bits per heavy atom. The van der Waals surface area contributed by atoms with Gasteiger partial charge in [-0.25, -0.2) is 13.8 Å². The molecule has 2 amide bonds. The number of anilines is 3. The fourth-order valence-electron chi connectivity index (χ4n) is 2.60. The highest BCUT2D eigenvalue weighted by molar-refractivity contribution is 7.16. The number of carbonyl (C=O) groups is 2. The molecule has 0 aliphatic rings. The Bertz CT molecular complexity index is 1050. The van der Waals surface area contributed by atoms with Gasteiger partial charge in [0.2, 0.25) is 5.91 Å². The normalized spacial score (nSPS) is 10.5. The van der Waals surface area contributed by atoms with Crippen molar-refractivity contribution in [2.45, 2.75) is 20.4 Å². The van der Waals surface area contributed by atoms with Crippen molar-refractivity contribution in [1.29, 1.82) is 0 Å². The molecule has 0 aliphatic heterocycles. The van der Waals surface area contributed by atoms with E-state index in [1.54, 1.807) is 25.1 Å². The third-order valence-corrected chi connectivity index (χ3v) is 4.68. The Hall–Kier alpha value is -3.33. The summed E-state index contributed by atoms with van der Waals surface area (Å²) in [6.07, 6.45) is 0. The molecule has 0 fully saturated rings. The summed E-state index contributed by atoms with van der Waals surface area (Å²) in [5, 5.41) is 9.29. The summed E-state index contributed by atoms with van der Waals surface area (Å²) in [4.78, 5) is 28.0. The lowest BCUT2D eigenvalue weighted by molar-refractivity contribution is -0.119. The minimum absolute atomic E-state index is 0.115. The molecule has 3 N–H and O–H groups in total. The van der Waals surface area contributed by atoms with Gasteiger partial charge >= 0.3 is 0 Å². The van der Waals surface area contributed by atoms with E-state index < -0.39 is 17.5 Å². The standard InChI is InChI=1S/C20H18F2N4O2S/c1-11(27)23-10-13-4-3-5-16(6-13)25-19(28)18-20(29-12(2)24-18)26-17-8-14(21)7-15(22)9-17/h3-9,26H,10H2,1-2H3,(H,23,27)(H,25,28). The molecule has 6 nitrogen and oxygen atoms in total. The second-order valence-electron chi connectivity index (χ2n) is 6.26. The number of halogens is 2. The van der Waals surface area contributed by atoms with Gasteiger partial charge < -0.3 is 16.0 Å². The van der Waals surface area contributed by atoms with Gasteiger partial charge in [-0.05, 0) is 36.8 Å². The van der Waals surface area contributed by atoms with Crippen molar-refractivity contribution in [3.8, 4) is 0 Å². The third kappa shape index (κ3) is 5.58. The van der Waals surface area contributed by atoms with Crippen LogP contribution in [0.4, 0.5) is 25.2 Å². The van der Waals surface area contributed by atoms with Crippen LogP contribution in [0.2, 0.25) is 0 Å². The molecule has 2 aromatic carbocycles. The van der Waals surface area contributed by atoms with Gasteiger partial charge in [-0.3, -0.25) is 9.59 Å². The van der Waals surface area contributed by atoms with Crippen LogP contribution in [0.15, 0.2) is 42.5 Å². The van der Waals surface area contributed by atoms with Crippen LogP contribution in [-0.4, -0.2) is 16.8 Å². The molecule has 3 aromatic rings. The largest absolute Gasteiger partial charge is 0.352 e. The van der Waals surface area contributed by atoms with E-state index in [4.69, 9.17) is 0 Å². The van der Waals surface area contributed by atoms with Gasteiger partial charge in [-0.1, -0.05) is 12.1 Å². The molecule has 0 saturated carbocycles. The average molecular weight is 416 g/mol. The maximum atomic E-state index is 13.4. The molecule has 0 bridgehead atoms. The van der Waals surface area contributed by atoms with Crippen molar-refractivity contribution in [3.05, 3.63) is 70.4 Å². The smallest absolute Gasteiger partial charge is 0.277 e. The first-order chi connectivity index (χ1) is 13.8. The predicted octanol–water partition coefficient (Wildman–Crippen LogP) is 4.36. The Labute approximate surface area is 170 Å². The topological polar surface area (TPSA) is 83.1 Å². The van der Waals surface area contributed by atoms with Crippen LogP contribution in [0.25, 0.3) is 0 Å². The molecule has 0 unspecified atom stereocenters. The first kappa shape index (κ1) is 20.4. The fraction of sp³-hybridized carbons (Fsp3) is 0.150. The first-order valence-electron chi connectivity index (χ1n) is 8.65. The number of hydrogen-bond acceptors (Lipinski definition) is 5. The number of rotatable bonds is 6. The number of aromatic nitrogens is 1. The van der Waals surface area contributed by atoms with E-state index in [0.717, 1.165) is 23.8 Å². The molecule has 1 aromatic heterocycles. The van der Waals surface area contributed by atoms with Gasteiger partial charge in [0, 0.05) is 30.9 Å². The second-order valence-corrected chi connectivity index (χ2v) is 7.46. The molecule has 0 atom stereocenters. The monoisotopic (exact) mass is 416 g/mol. The minimum Gasteiger partial charge on any atom is -0.352 e. The third-order valence-electron chi connectivity index (χ3n) is 3.80. The molecular formula is C20H18F2N4O2S. The number of carbonyl (C=O) groups excluding carboxylic acids is 2. The number of benzene rings is 2. The number of thiazole rings is 1. The quantitative estimate of drug-likeness (QED) is 0.558. The van der Waals surface area contributed by atoms with Gasteiger partial charge in [0.25, 0.3) is 5.91 Å². The van der Waals surface area contributed by atoms with Crippen LogP contribution >= 0.6 is 11.3 Å². The molecule has 0 radical (unpaired) electrons. The zero-order chi connectivity index (χ0) is 21.0. The van der Waals surface area contributed by atoms with E-state index in [0.29, 0.717) is 22.2 Å². The molecule has 3 rings (SSSR count). The predicted molar refractivity (Wildman–Crippen MR) is 108 cm³/mol.